The van der Waals surface area contributed by atoms with Crippen molar-refractivity contribution in [2.45, 2.75) is 80.9 Å². The number of fused-ring (bicyclic) bond motifs is 6. The number of amides is 6. The second-order valence-corrected chi connectivity index (χ2v) is 22.0. The van der Waals surface area contributed by atoms with Crippen LogP contribution in [-0.4, -0.2) is 178 Å². The highest BCUT2D eigenvalue weighted by atomic mass is 32.2. The quantitative estimate of drug-likeness (QED) is 0.0375. The first-order valence-corrected chi connectivity index (χ1v) is 28.1. The van der Waals surface area contributed by atoms with E-state index in [1.54, 1.807) is 25.1 Å². The Hall–Kier alpha value is -8.76. The maximum atomic E-state index is 14.8. The SMILES string of the molecule is COc1cccc2c1C(=O)c1c(O)c3c(c(O)c1C2=O)CC(C(=O)NCc1ccc(NC(=O)CNC(=O)CNC(=O)CNC(=O)CCNC(=O)c2ccc(C#N)c(S(C)(=O)=O)n2)cc1)C(=O)[C@@H]3O[C@H]1C[C@H]2[C@H](O[C@@H]3[C@@H](OC)OCCN32)[C@H](C)O1. The number of sulfone groups is 1. The molecule has 0 bridgehead atoms. The van der Waals surface area contributed by atoms with E-state index in [4.69, 9.17) is 33.7 Å². The zero-order valence-corrected chi connectivity index (χ0v) is 46.3. The van der Waals surface area contributed by atoms with E-state index in [0.717, 1.165) is 18.4 Å². The fourth-order valence-corrected chi connectivity index (χ4v) is 11.4. The molecule has 3 aromatic carbocycles. The Kier molecular flexibility index (Phi) is 17.8. The van der Waals surface area contributed by atoms with Gasteiger partial charge in [-0.1, -0.05) is 24.3 Å². The van der Waals surface area contributed by atoms with Gasteiger partial charge in [-0.15, -0.1) is 0 Å². The van der Waals surface area contributed by atoms with E-state index in [-0.39, 0.29) is 71.2 Å². The van der Waals surface area contributed by atoms with Gasteiger partial charge in [0.25, 0.3) is 5.91 Å². The van der Waals surface area contributed by atoms with Crippen LogP contribution in [0.15, 0.2) is 59.6 Å². The molecule has 442 valence electrons. The number of ketones is 3. The van der Waals surface area contributed by atoms with Crippen LogP contribution in [0.4, 0.5) is 5.69 Å². The Morgan fingerprint density at radius 2 is 1.52 bits per heavy atom. The lowest BCUT2D eigenvalue weighted by atomic mass is 9.73. The molecule has 6 amide bonds. The molecule has 2 aliphatic carbocycles. The van der Waals surface area contributed by atoms with E-state index in [1.165, 1.54) is 44.6 Å². The van der Waals surface area contributed by atoms with Crippen LogP contribution in [0.3, 0.4) is 0 Å². The third-order valence-electron chi connectivity index (χ3n) is 14.7. The number of hydrogen-bond donors (Lipinski definition) is 8. The molecule has 3 aliphatic heterocycles. The second kappa shape index (κ2) is 25.0. The summed E-state index contributed by atoms with van der Waals surface area (Å²) in [6, 6.07) is 14.1. The number of benzene rings is 3. The number of methoxy groups -OCH3 is 2. The number of aromatic nitrogens is 1. The highest BCUT2D eigenvalue weighted by Gasteiger charge is 2.55. The van der Waals surface area contributed by atoms with Gasteiger partial charge in [0, 0.05) is 74.3 Å². The van der Waals surface area contributed by atoms with Crippen molar-refractivity contribution in [1.29, 1.82) is 5.26 Å². The number of carbonyl (C=O) groups excluding carboxylic acids is 9. The predicted molar refractivity (Wildman–Crippen MR) is 285 cm³/mol. The lowest BCUT2D eigenvalue weighted by Crippen LogP contribution is -2.55. The molecule has 8 N–H and O–H groups in total. The van der Waals surface area contributed by atoms with Crippen LogP contribution in [0.2, 0.25) is 0 Å². The summed E-state index contributed by atoms with van der Waals surface area (Å²) in [5.41, 5.74) is -1.52. The summed E-state index contributed by atoms with van der Waals surface area (Å²) < 4.78 is 59.6. The van der Waals surface area contributed by atoms with Gasteiger partial charge >= 0.3 is 0 Å². The summed E-state index contributed by atoms with van der Waals surface area (Å²) >= 11 is 0. The zero-order valence-electron chi connectivity index (χ0n) is 45.5. The minimum absolute atomic E-state index is 0.0381. The topological polar surface area (TPSA) is 396 Å². The highest BCUT2D eigenvalue weighted by molar-refractivity contribution is 7.90. The Labute approximate surface area is 478 Å². The number of carbonyl (C=O) groups is 9. The van der Waals surface area contributed by atoms with Crippen molar-refractivity contribution in [3.05, 3.63) is 105 Å². The summed E-state index contributed by atoms with van der Waals surface area (Å²) in [5, 5.41) is 47.3. The fourth-order valence-electron chi connectivity index (χ4n) is 10.6. The normalized spacial score (nSPS) is 22.3. The van der Waals surface area contributed by atoms with Crippen molar-refractivity contribution >= 4 is 68.3 Å². The van der Waals surface area contributed by atoms with Crippen LogP contribution in [0.1, 0.15) is 90.5 Å². The summed E-state index contributed by atoms with van der Waals surface area (Å²) in [6.07, 6.45) is -5.07. The van der Waals surface area contributed by atoms with Crippen molar-refractivity contribution in [1.82, 2.24) is 36.5 Å². The number of hydrogen-bond acceptors (Lipinski definition) is 22. The molecule has 9 rings (SSSR count). The number of aromatic hydroxyl groups is 2. The van der Waals surface area contributed by atoms with Crippen LogP contribution in [0.5, 0.6) is 17.2 Å². The number of ether oxygens (including phenoxy) is 6. The number of pyridine rings is 1. The molecule has 8 atom stereocenters. The van der Waals surface area contributed by atoms with Gasteiger partial charge in [-0.05, 0) is 49.2 Å². The monoisotopic (exact) mass is 1180 g/mol. The Bertz CT molecular complexity index is 3540. The fraction of sp³-hybridized carbons (Fsp3) is 0.400. The number of nitriles is 1. The molecule has 4 aromatic rings. The van der Waals surface area contributed by atoms with Gasteiger partial charge in [-0.25, -0.2) is 13.4 Å². The van der Waals surface area contributed by atoms with E-state index in [0.29, 0.717) is 24.4 Å². The van der Waals surface area contributed by atoms with E-state index >= 15 is 0 Å². The molecule has 0 saturated carbocycles. The molecular weight excluding hydrogens is 1120 g/mol. The van der Waals surface area contributed by atoms with Crippen molar-refractivity contribution in [3.63, 3.8) is 0 Å². The van der Waals surface area contributed by atoms with Gasteiger partial charge in [0.15, 0.2) is 45.2 Å². The van der Waals surface area contributed by atoms with Gasteiger partial charge < -0.3 is 70.5 Å². The lowest BCUT2D eigenvalue weighted by molar-refractivity contribution is -0.253. The van der Waals surface area contributed by atoms with Crippen LogP contribution in [-0.2, 0) is 75.3 Å². The average Bonchev–Trinajstić information content (AvgIpc) is 1.47. The molecule has 29 heteroatoms. The van der Waals surface area contributed by atoms with Crippen LogP contribution >= 0.6 is 0 Å². The molecule has 28 nitrogen and oxygen atoms in total. The van der Waals surface area contributed by atoms with E-state index < -0.39 is 159 Å². The predicted octanol–water partition coefficient (Wildman–Crippen LogP) is -0.692. The number of phenols is 2. The van der Waals surface area contributed by atoms with Crippen LogP contribution in [0.25, 0.3) is 0 Å². The largest absolute Gasteiger partial charge is 0.507 e. The second-order valence-electron chi connectivity index (χ2n) is 20.1. The number of anilines is 1. The maximum absolute atomic E-state index is 14.8. The summed E-state index contributed by atoms with van der Waals surface area (Å²) in [6.45, 7) is 0.652. The molecular formula is C55H57N9O19S. The average molecular weight is 1180 g/mol. The third kappa shape index (κ3) is 12.3. The molecule has 3 saturated heterocycles. The van der Waals surface area contributed by atoms with Crippen LogP contribution in [0, 0.1) is 17.2 Å². The molecule has 4 heterocycles. The lowest BCUT2D eigenvalue weighted by Gasteiger charge is -2.41. The molecule has 84 heavy (non-hydrogen) atoms. The zero-order chi connectivity index (χ0) is 60.3. The highest BCUT2D eigenvalue weighted by Crippen LogP contribution is 2.51. The number of rotatable bonds is 19. The Balaban J connectivity index is 0.778. The smallest absolute Gasteiger partial charge is 0.269 e. The summed E-state index contributed by atoms with van der Waals surface area (Å²) in [7, 11) is -1.11. The standard InChI is InChI=1S/C55H57N9O19S/c1-25-49-33(64-16-17-80-55(79-3)54(64)83-49)19-39(81-25)82-50-41-30(45(70)42-43(48(41)73)47(72)40-29(44(42)69)6-5-7-34(40)78-2)18-31(46(50)71)51(74)61-21-26-8-11-28(12-9-26)62-38(68)24-60-37(67)23-59-36(66)22-58-35(65)14-15-57-52(75)32-13-10-27(20-56)53(63-32)84(4,76)77/h5-13,25,31,33,39,49-50,54-55,70,73H,14-19,21-24H2,1-4H3,(H,57,75)(H,58,65)(H,59,66)(H,60,67)(H,61,74)(H,62,68)/t25-,31?,33-,39-,49+,50+,54+,55-/m0/s1. The molecule has 1 unspecified atom stereocenters. The number of Topliss-reactive ketones (excluding diaryl/α,β-unsaturated/α-hetero) is 1. The van der Waals surface area contributed by atoms with Crippen molar-refractivity contribution in [3.8, 4) is 23.3 Å². The van der Waals surface area contributed by atoms with Gasteiger partial charge in [0.2, 0.25) is 35.3 Å². The van der Waals surface area contributed by atoms with Crippen LogP contribution < -0.4 is 36.6 Å². The van der Waals surface area contributed by atoms with Crippen molar-refractivity contribution < 1.29 is 90.2 Å². The Morgan fingerprint density at radius 1 is 0.833 bits per heavy atom. The minimum atomic E-state index is -3.91. The van der Waals surface area contributed by atoms with E-state index in [1.807, 2.05) is 0 Å². The maximum Gasteiger partial charge on any atom is 0.269 e. The van der Waals surface area contributed by atoms with Gasteiger partial charge in [-0.2, -0.15) is 5.26 Å². The van der Waals surface area contributed by atoms with Gasteiger partial charge in [0.1, 0.15) is 47.1 Å². The van der Waals surface area contributed by atoms with Gasteiger partial charge in [0.05, 0.1) is 61.7 Å². The third-order valence-corrected chi connectivity index (χ3v) is 15.7. The Morgan fingerprint density at radius 3 is 2.20 bits per heavy atom. The number of morpholine rings is 1. The molecule has 0 radical (unpaired) electrons. The summed E-state index contributed by atoms with van der Waals surface area (Å²) in [5.74, 6) is -9.91. The molecule has 0 spiro atoms. The van der Waals surface area contributed by atoms with Crippen molar-refractivity contribution in [2.75, 3.05) is 65.1 Å². The van der Waals surface area contributed by atoms with Crippen molar-refractivity contribution in [2.24, 2.45) is 5.92 Å². The van der Waals surface area contributed by atoms with Gasteiger partial charge in [-0.3, -0.25) is 48.1 Å². The minimum Gasteiger partial charge on any atom is -0.507 e. The first-order chi connectivity index (χ1) is 40.1. The van der Waals surface area contributed by atoms with E-state index in [2.05, 4.69) is 41.8 Å². The first kappa shape index (κ1) is 59.8. The first-order valence-electron chi connectivity index (χ1n) is 26.3. The molecule has 1 aromatic heterocycles. The molecule has 5 aliphatic rings. The number of nitrogens with zero attached hydrogens (tertiary/aromatic N) is 3. The molecule has 3 fully saturated rings. The van der Waals surface area contributed by atoms with E-state index in [9.17, 15) is 61.8 Å². The summed E-state index contributed by atoms with van der Waals surface area (Å²) in [4.78, 5) is 125. The number of phenolic OH excluding ortho intramolecular Hbond substituents is 2. The number of nitrogens with one attached hydrogen (secondary N) is 6.